The van der Waals surface area contributed by atoms with E-state index in [1.807, 2.05) is 13.0 Å². The number of aryl methyl sites for hydroxylation is 1. The molecule has 3 rings (SSSR count). The van der Waals surface area contributed by atoms with E-state index in [0.717, 1.165) is 12.2 Å². The van der Waals surface area contributed by atoms with Crippen LogP contribution in [0.15, 0.2) is 22.7 Å². The van der Waals surface area contributed by atoms with Gasteiger partial charge in [-0.3, -0.25) is 4.57 Å². The molecule has 0 saturated heterocycles. The molecule has 0 unspecified atom stereocenters. The first-order valence-corrected chi connectivity index (χ1v) is 6.31. The van der Waals surface area contributed by atoms with Crippen molar-refractivity contribution in [3.05, 3.63) is 30.0 Å². The zero-order valence-electron chi connectivity index (χ0n) is 11.3. The van der Waals surface area contributed by atoms with Crippen molar-refractivity contribution < 1.29 is 9.15 Å². The van der Waals surface area contributed by atoms with Gasteiger partial charge in [-0.1, -0.05) is 6.92 Å². The smallest absolute Gasteiger partial charge is 0.215 e. The van der Waals surface area contributed by atoms with E-state index in [4.69, 9.17) is 14.9 Å². The van der Waals surface area contributed by atoms with Crippen LogP contribution in [0, 0.1) is 0 Å². The lowest BCUT2D eigenvalue weighted by atomic mass is 10.4. The summed E-state index contributed by atoms with van der Waals surface area (Å²) < 4.78 is 12.5. The van der Waals surface area contributed by atoms with Crippen molar-refractivity contribution in [1.29, 1.82) is 0 Å². The average molecular weight is 273 g/mol. The molecule has 0 fully saturated rings. The molecular formula is C13H15N5O2. The predicted molar refractivity (Wildman–Crippen MR) is 73.5 cm³/mol. The number of aromatic nitrogens is 4. The van der Waals surface area contributed by atoms with Crippen molar-refractivity contribution in [3.8, 4) is 5.88 Å². The lowest BCUT2D eigenvalue weighted by Gasteiger charge is -2.03. The number of nitrogens with two attached hydrogens (primary N) is 1. The van der Waals surface area contributed by atoms with Gasteiger partial charge >= 0.3 is 0 Å². The fourth-order valence-corrected chi connectivity index (χ4v) is 1.99. The second kappa shape index (κ2) is 4.84. The lowest BCUT2D eigenvalue weighted by Crippen LogP contribution is -2.05. The maximum atomic E-state index is 5.93. The summed E-state index contributed by atoms with van der Waals surface area (Å²) in [6.07, 6.45) is 2.53. The monoisotopic (exact) mass is 273 g/mol. The van der Waals surface area contributed by atoms with Crippen molar-refractivity contribution in [2.75, 3.05) is 12.8 Å². The summed E-state index contributed by atoms with van der Waals surface area (Å²) in [4.78, 5) is 12.9. The van der Waals surface area contributed by atoms with E-state index in [-0.39, 0.29) is 0 Å². The number of rotatable bonds is 4. The molecule has 0 bridgehead atoms. The van der Waals surface area contributed by atoms with Gasteiger partial charge in [0.2, 0.25) is 17.7 Å². The summed E-state index contributed by atoms with van der Waals surface area (Å²) in [6.45, 7) is 2.40. The molecule has 0 aliphatic rings. The molecule has 20 heavy (non-hydrogen) atoms. The molecule has 0 aliphatic carbocycles. The summed E-state index contributed by atoms with van der Waals surface area (Å²) in [5.41, 5.74) is 7.30. The zero-order valence-corrected chi connectivity index (χ0v) is 11.3. The number of imidazole rings is 1. The molecule has 3 aromatic heterocycles. The van der Waals surface area contributed by atoms with Crippen LogP contribution in [0.4, 0.5) is 5.95 Å². The first-order valence-electron chi connectivity index (χ1n) is 6.31. The Labute approximate surface area is 115 Å². The molecule has 3 aromatic rings. The van der Waals surface area contributed by atoms with Gasteiger partial charge in [0.15, 0.2) is 5.65 Å². The molecule has 0 saturated carbocycles. The molecule has 104 valence electrons. The number of hydrogen-bond acceptors (Lipinski definition) is 6. The van der Waals surface area contributed by atoms with Crippen LogP contribution in [-0.4, -0.2) is 26.6 Å². The fourth-order valence-electron chi connectivity index (χ4n) is 1.99. The number of hydrogen-bond donors (Lipinski definition) is 1. The third-order valence-electron chi connectivity index (χ3n) is 3.05. The second-order valence-corrected chi connectivity index (χ2v) is 4.33. The molecule has 0 atom stereocenters. The molecule has 7 nitrogen and oxygen atoms in total. The van der Waals surface area contributed by atoms with Gasteiger partial charge in [-0.15, -0.1) is 0 Å². The van der Waals surface area contributed by atoms with E-state index in [1.165, 1.54) is 0 Å². The number of oxazole rings is 1. The maximum absolute atomic E-state index is 5.93. The highest BCUT2D eigenvalue weighted by Crippen LogP contribution is 2.20. The molecule has 0 aliphatic heterocycles. The molecule has 0 amide bonds. The minimum Gasteiger partial charge on any atom is -0.481 e. The van der Waals surface area contributed by atoms with Crippen LogP contribution < -0.4 is 10.5 Å². The Morgan fingerprint density at radius 3 is 2.90 bits per heavy atom. The van der Waals surface area contributed by atoms with Crippen molar-refractivity contribution in [1.82, 2.24) is 19.5 Å². The summed E-state index contributed by atoms with van der Waals surface area (Å²) >= 11 is 0. The summed E-state index contributed by atoms with van der Waals surface area (Å²) in [6, 6.07) is 3.57. The van der Waals surface area contributed by atoms with E-state index < -0.39 is 0 Å². The average Bonchev–Trinajstić information content (AvgIpc) is 3.04. The second-order valence-electron chi connectivity index (χ2n) is 4.33. The standard InChI is InChI=1S/C13H15N5O2/c1-3-8-6-15-11(20-8)7-18-12-9(16-13(18)14)4-5-10(17-12)19-2/h4-6H,3,7H2,1-2H3,(H2,14,16). The van der Waals surface area contributed by atoms with Gasteiger partial charge < -0.3 is 14.9 Å². The zero-order chi connectivity index (χ0) is 14.1. The van der Waals surface area contributed by atoms with Gasteiger partial charge in [-0.2, -0.15) is 4.98 Å². The largest absolute Gasteiger partial charge is 0.481 e. The highest BCUT2D eigenvalue weighted by atomic mass is 16.5. The van der Waals surface area contributed by atoms with Gasteiger partial charge in [0, 0.05) is 12.5 Å². The number of nitrogen functional groups attached to an aromatic ring is 1. The van der Waals surface area contributed by atoms with Crippen molar-refractivity contribution in [3.63, 3.8) is 0 Å². The summed E-state index contributed by atoms with van der Waals surface area (Å²) in [7, 11) is 1.57. The van der Waals surface area contributed by atoms with E-state index in [1.54, 1.807) is 23.9 Å². The molecule has 0 aromatic carbocycles. The quantitative estimate of drug-likeness (QED) is 0.776. The topological polar surface area (TPSA) is 92.0 Å². The minimum atomic E-state index is 0.372. The number of pyridine rings is 1. The van der Waals surface area contributed by atoms with Crippen LogP contribution in [-0.2, 0) is 13.0 Å². The van der Waals surface area contributed by atoms with Crippen molar-refractivity contribution >= 4 is 17.1 Å². The van der Waals surface area contributed by atoms with Crippen LogP contribution in [0.3, 0.4) is 0 Å². The number of nitrogens with zero attached hydrogens (tertiary/aromatic N) is 4. The Kier molecular flexibility index (Phi) is 3.02. The first kappa shape index (κ1) is 12.5. The Morgan fingerprint density at radius 1 is 1.35 bits per heavy atom. The molecular weight excluding hydrogens is 258 g/mol. The van der Waals surface area contributed by atoms with Gasteiger partial charge in [-0.05, 0) is 6.07 Å². The third-order valence-corrected chi connectivity index (χ3v) is 3.05. The molecule has 2 N–H and O–H groups in total. The fraction of sp³-hybridized carbons (Fsp3) is 0.308. The Morgan fingerprint density at radius 2 is 2.20 bits per heavy atom. The Balaban J connectivity index is 2.03. The number of anilines is 1. The van der Waals surface area contributed by atoms with Crippen LogP contribution >= 0.6 is 0 Å². The molecule has 0 radical (unpaired) electrons. The molecule has 0 spiro atoms. The van der Waals surface area contributed by atoms with E-state index >= 15 is 0 Å². The van der Waals surface area contributed by atoms with Gasteiger partial charge in [0.1, 0.15) is 17.8 Å². The van der Waals surface area contributed by atoms with E-state index in [0.29, 0.717) is 35.4 Å². The number of fused-ring (bicyclic) bond motifs is 1. The predicted octanol–water partition coefficient (Wildman–Crippen LogP) is 1.62. The van der Waals surface area contributed by atoms with Crippen LogP contribution in [0.2, 0.25) is 0 Å². The Hall–Kier alpha value is -2.57. The molecule has 7 heteroatoms. The maximum Gasteiger partial charge on any atom is 0.215 e. The highest BCUT2D eigenvalue weighted by Gasteiger charge is 2.13. The van der Waals surface area contributed by atoms with Gasteiger partial charge in [0.05, 0.1) is 13.3 Å². The van der Waals surface area contributed by atoms with Crippen molar-refractivity contribution in [2.24, 2.45) is 0 Å². The highest BCUT2D eigenvalue weighted by molar-refractivity contribution is 5.74. The van der Waals surface area contributed by atoms with Crippen LogP contribution in [0.5, 0.6) is 5.88 Å². The SMILES string of the molecule is CCc1cnc(Cn2c(N)nc3ccc(OC)nc32)o1. The number of ether oxygens (including phenoxy) is 1. The first-order chi connectivity index (χ1) is 9.71. The summed E-state index contributed by atoms with van der Waals surface area (Å²) in [5.74, 6) is 2.31. The summed E-state index contributed by atoms with van der Waals surface area (Å²) in [5, 5.41) is 0. The van der Waals surface area contributed by atoms with Crippen LogP contribution in [0.1, 0.15) is 18.6 Å². The van der Waals surface area contributed by atoms with Crippen LogP contribution in [0.25, 0.3) is 11.2 Å². The third kappa shape index (κ3) is 2.07. The van der Waals surface area contributed by atoms with Gasteiger partial charge in [0.25, 0.3) is 0 Å². The van der Waals surface area contributed by atoms with E-state index in [2.05, 4.69) is 15.0 Å². The molecule has 3 heterocycles. The minimum absolute atomic E-state index is 0.372. The van der Waals surface area contributed by atoms with Gasteiger partial charge in [-0.25, -0.2) is 9.97 Å². The number of methoxy groups -OCH3 is 1. The normalized spacial score (nSPS) is 11.1. The lowest BCUT2D eigenvalue weighted by molar-refractivity contribution is 0.398. The Bertz CT molecular complexity index is 746. The van der Waals surface area contributed by atoms with Crippen molar-refractivity contribution in [2.45, 2.75) is 19.9 Å². The van der Waals surface area contributed by atoms with E-state index in [9.17, 15) is 0 Å².